The normalized spacial score (nSPS) is 36.8. The Hall–Kier alpha value is -1.35. The van der Waals surface area contributed by atoms with Crippen LogP contribution >= 0.6 is 0 Å². The number of aryl methyl sites for hydroxylation is 2. The quantitative estimate of drug-likeness (QED) is 0.887. The first kappa shape index (κ1) is 16.1. The molecule has 0 aromatic heterocycles. The van der Waals surface area contributed by atoms with Crippen molar-refractivity contribution in [1.29, 1.82) is 0 Å². The van der Waals surface area contributed by atoms with Crippen LogP contribution in [0.15, 0.2) is 18.2 Å². The summed E-state index contributed by atoms with van der Waals surface area (Å²) in [5.41, 5.74) is 3.24. The van der Waals surface area contributed by atoms with Crippen molar-refractivity contribution in [2.45, 2.75) is 70.9 Å². The second-order valence-corrected chi connectivity index (χ2v) is 9.07. The van der Waals surface area contributed by atoms with Crippen molar-refractivity contribution in [3.8, 4) is 0 Å². The van der Waals surface area contributed by atoms with E-state index < -0.39 is 5.60 Å². The zero-order valence-corrected chi connectivity index (χ0v) is 14.9. The number of benzene rings is 1. The lowest BCUT2D eigenvalue weighted by atomic mass is 9.47. The Morgan fingerprint density at radius 2 is 1.92 bits per heavy atom. The summed E-state index contributed by atoms with van der Waals surface area (Å²) in [7, 11) is 0. The van der Waals surface area contributed by atoms with E-state index in [1.54, 1.807) is 0 Å². The molecule has 0 aliphatic heterocycles. The maximum Gasteiger partial charge on any atom is 0.220 e. The van der Waals surface area contributed by atoms with Crippen molar-refractivity contribution in [2.75, 3.05) is 0 Å². The van der Waals surface area contributed by atoms with Gasteiger partial charge in [0.05, 0.1) is 5.60 Å². The van der Waals surface area contributed by atoms with Gasteiger partial charge in [-0.25, -0.2) is 0 Å². The Bertz CT molecular complexity index is 652. The molecule has 4 fully saturated rings. The van der Waals surface area contributed by atoms with Crippen molar-refractivity contribution in [3.05, 3.63) is 34.9 Å². The molecule has 1 aromatic carbocycles. The fraction of sp³-hybridized carbons (Fsp3) is 0.667. The van der Waals surface area contributed by atoms with Gasteiger partial charge < -0.3 is 10.4 Å². The maximum absolute atomic E-state index is 12.6. The molecule has 0 spiro atoms. The minimum absolute atomic E-state index is 0.0601. The van der Waals surface area contributed by atoms with E-state index in [0.29, 0.717) is 24.8 Å². The van der Waals surface area contributed by atoms with Crippen molar-refractivity contribution < 1.29 is 9.90 Å². The van der Waals surface area contributed by atoms with Gasteiger partial charge in [0, 0.05) is 13.0 Å². The highest BCUT2D eigenvalue weighted by atomic mass is 16.3. The number of hydrogen-bond acceptors (Lipinski definition) is 2. The molecule has 24 heavy (non-hydrogen) atoms. The second kappa shape index (κ2) is 5.59. The first-order valence-corrected chi connectivity index (χ1v) is 9.40. The van der Waals surface area contributed by atoms with Crippen LogP contribution < -0.4 is 5.32 Å². The van der Waals surface area contributed by atoms with E-state index in [1.165, 1.54) is 23.1 Å². The third kappa shape index (κ3) is 2.99. The van der Waals surface area contributed by atoms with Crippen molar-refractivity contribution >= 4 is 5.91 Å². The smallest absolute Gasteiger partial charge is 0.220 e. The van der Waals surface area contributed by atoms with Crippen LogP contribution in [0.3, 0.4) is 0 Å². The number of amides is 1. The number of carbonyl (C=O) groups excluding carboxylic acids is 1. The Kier molecular flexibility index (Phi) is 3.76. The molecule has 4 saturated carbocycles. The maximum atomic E-state index is 12.6. The number of aliphatic hydroxyl groups is 1. The van der Waals surface area contributed by atoms with Gasteiger partial charge in [-0.15, -0.1) is 0 Å². The van der Waals surface area contributed by atoms with Gasteiger partial charge in [-0.05, 0) is 80.8 Å². The lowest BCUT2D eigenvalue weighted by Gasteiger charge is -2.60. The molecule has 2 atom stereocenters. The van der Waals surface area contributed by atoms with E-state index in [4.69, 9.17) is 0 Å². The molecule has 4 aliphatic carbocycles. The largest absolute Gasteiger partial charge is 0.390 e. The Labute approximate surface area is 144 Å². The minimum Gasteiger partial charge on any atom is -0.390 e. The van der Waals surface area contributed by atoms with Crippen LogP contribution in [0.2, 0.25) is 0 Å². The Morgan fingerprint density at radius 1 is 1.21 bits per heavy atom. The van der Waals surface area contributed by atoms with Gasteiger partial charge in [-0.1, -0.05) is 23.8 Å². The topological polar surface area (TPSA) is 49.3 Å². The van der Waals surface area contributed by atoms with Gasteiger partial charge in [0.2, 0.25) is 5.91 Å². The summed E-state index contributed by atoms with van der Waals surface area (Å²) in [4.78, 5) is 12.6. The van der Waals surface area contributed by atoms with Crippen LogP contribution in [-0.2, 0) is 11.3 Å². The first-order valence-electron chi connectivity index (χ1n) is 9.40. The molecular formula is C21H29NO2. The molecule has 0 saturated heterocycles. The standard InChI is InChI=1S/C21H29NO2/c1-14-3-4-15(2)18(5-14)12-22-19(23)11-20-7-16-6-17(8-20)10-21(24,9-16)13-20/h3-5,16-17,24H,6-13H2,1-2H3,(H,22,23). The molecule has 1 amide bonds. The number of hydrogen-bond donors (Lipinski definition) is 2. The van der Waals surface area contributed by atoms with E-state index in [1.807, 2.05) is 0 Å². The molecule has 4 bridgehead atoms. The first-order chi connectivity index (χ1) is 11.3. The van der Waals surface area contributed by atoms with Crippen LogP contribution in [0, 0.1) is 31.1 Å². The Morgan fingerprint density at radius 3 is 2.58 bits per heavy atom. The average molecular weight is 327 g/mol. The van der Waals surface area contributed by atoms with Crippen molar-refractivity contribution in [3.63, 3.8) is 0 Å². The molecular weight excluding hydrogens is 298 g/mol. The van der Waals surface area contributed by atoms with Gasteiger partial charge in [0.15, 0.2) is 0 Å². The molecule has 1 aromatic rings. The van der Waals surface area contributed by atoms with Gasteiger partial charge in [-0.2, -0.15) is 0 Å². The van der Waals surface area contributed by atoms with Crippen molar-refractivity contribution in [1.82, 2.24) is 5.32 Å². The molecule has 2 N–H and O–H groups in total. The zero-order valence-electron chi connectivity index (χ0n) is 14.9. The summed E-state index contributed by atoms with van der Waals surface area (Å²) < 4.78 is 0. The summed E-state index contributed by atoms with van der Waals surface area (Å²) in [6, 6.07) is 6.38. The summed E-state index contributed by atoms with van der Waals surface area (Å²) in [5.74, 6) is 1.44. The summed E-state index contributed by atoms with van der Waals surface area (Å²) in [6.07, 6.45) is 6.92. The molecule has 0 heterocycles. The van der Waals surface area contributed by atoms with Crippen molar-refractivity contribution in [2.24, 2.45) is 17.3 Å². The lowest BCUT2D eigenvalue weighted by molar-refractivity contribution is -0.169. The number of rotatable bonds is 4. The van der Waals surface area contributed by atoms with E-state index in [2.05, 4.69) is 37.4 Å². The van der Waals surface area contributed by atoms with Gasteiger partial charge in [0.1, 0.15) is 0 Å². The molecule has 3 nitrogen and oxygen atoms in total. The lowest BCUT2D eigenvalue weighted by Crippen LogP contribution is -2.56. The third-order valence-electron chi connectivity index (χ3n) is 6.67. The van der Waals surface area contributed by atoms with Crippen LogP contribution in [0.25, 0.3) is 0 Å². The van der Waals surface area contributed by atoms with Gasteiger partial charge in [-0.3, -0.25) is 4.79 Å². The van der Waals surface area contributed by atoms with E-state index in [9.17, 15) is 9.90 Å². The van der Waals surface area contributed by atoms with E-state index in [-0.39, 0.29) is 11.3 Å². The second-order valence-electron chi connectivity index (χ2n) is 9.07. The van der Waals surface area contributed by atoms with Gasteiger partial charge in [0.25, 0.3) is 0 Å². The summed E-state index contributed by atoms with van der Waals surface area (Å²) in [6.45, 7) is 4.79. The van der Waals surface area contributed by atoms with Crippen LogP contribution in [-0.4, -0.2) is 16.6 Å². The fourth-order valence-corrected chi connectivity index (χ4v) is 6.20. The molecule has 3 heteroatoms. The SMILES string of the molecule is Cc1ccc(C)c(CNC(=O)CC23CC4CC(CC(O)(C4)C2)C3)c1. The fourth-order valence-electron chi connectivity index (χ4n) is 6.20. The van der Waals surface area contributed by atoms with E-state index >= 15 is 0 Å². The summed E-state index contributed by atoms with van der Waals surface area (Å²) >= 11 is 0. The van der Waals surface area contributed by atoms with E-state index in [0.717, 1.165) is 32.1 Å². The Balaban J connectivity index is 1.40. The minimum atomic E-state index is -0.475. The van der Waals surface area contributed by atoms with Crippen LogP contribution in [0.1, 0.15) is 61.6 Å². The zero-order chi connectivity index (χ0) is 16.9. The average Bonchev–Trinajstić information content (AvgIpc) is 2.45. The van der Waals surface area contributed by atoms with Gasteiger partial charge >= 0.3 is 0 Å². The molecule has 130 valence electrons. The molecule has 4 aliphatic rings. The number of carbonyl (C=O) groups is 1. The highest BCUT2D eigenvalue weighted by Gasteiger charge is 2.57. The highest BCUT2D eigenvalue weighted by Crippen LogP contribution is 2.62. The molecule has 5 rings (SSSR count). The summed E-state index contributed by atoms with van der Waals surface area (Å²) in [5, 5.41) is 14.0. The molecule has 0 radical (unpaired) electrons. The van der Waals surface area contributed by atoms with Crippen LogP contribution in [0.4, 0.5) is 0 Å². The molecule has 2 unspecified atom stereocenters. The highest BCUT2D eigenvalue weighted by molar-refractivity contribution is 5.76. The number of nitrogens with one attached hydrogen (secondary N) is 1. The predicted octanol–water partition coefficient (Wildman–Crippen LogP) is 3.64. The monoisotopic (exact) mass is 327 g/mol. The predicted molar refractivity (Wildman–Crippen MR) is 94.4 cm³/mol. The van der Waals surface area contributed by atoms with Crippen LogP contribution in [0.5, 0.6) is 0 Å². The third-order valence-corrected chi connectivity index (χ3v) is 6.67.